The lowest BCUT2D eigenvalue weighted by Gasteiger charge is -2.35. The summed E-state index contributed by atoms with van der Waals surface area (Å²) in [5.41, 5.74) is 0.638. The van der Waals surface area contributed by atoms with Crippen molar-refractivity contribution in [2.75, 3.05) is 44.6 Å². The molecule has 1 aromatic heterocycles. The fraction of sp³-hybridized carbons (Fsp3) is 0.444. The highest BCUT2D eigenvalue weighted by molar-refractivity contribution is 6.33. The summed E-state index contributed by atoms with van der Waals surface area (Å²) in [6.07, 6.45) is 3.10. The third-order valence-electron chi connectivity index (χ3n) is 4.41. The van der Waals surface area contributed by atoms with Gasteiger partial charge in [-0.15, -0.1) is 0 Å². The zero-order valence-electron chi connectivity index (χ0n) is 14.6. The first-order valence-electron chi connectivity index (χ1n) is 8.75. The van der Waals surface area contributed by atoms with Crippen LogP contribution in [0.3, 0.4) is 0 Å². The number of aliphatic hydroxyl groups excluding tert-OH is 1. The van der Waals surface area contributed by atoms with Crippen LogP contribution in [0.2, 0.25) is 5.02 Å². The van der Waals surface area contributed by atoms with Crippen LogP contribution in [0.15, 0.2) is 42.7 Å². The maximum atomic E-state index is 12.2. The molecular weight excluding hydrogens is 354 g/mol. The first-order valence-corrected chi connectivity index (χ1v) is 9.12. The molecular formula is C18H24ClN5O2. The van der Waals surface area contributed by atoms with Crippen LogP contribution in [0.4, 0.5) is 5.69 Å². The predicted octanol–water partition coefficient (Wildman–Crippen LogP) is 1.15. The molecule has 1 aromatic carbocycles. The smallest absolute Gasteiger partial charge is 0.238 e. The SMILES string of the molecule is O=C(CN1CCN(CC(O)Cn2cccn2)CC1)Nc1ccccc1Cl. The van der Waals surface area contributed by atoms with E-state index in [2.05, 4.69) is 20.2 Å². The van der Waals surface area contributed by atoms with Gasteiger partial charge in [0.15, 0.2) is 0 Å². The lowest BCUT2D eigenvalue weighted by molar-refractivity contribution is -0.117. The molecule has 0 bridgehead atoms. The van der Waals surface area contributed by atoms with Crippen molar-refractivity contribution < 1.29 is 9.90 Å². The van der Waals surface area contributed by atoms with Crippen LogP contribution in [0.25, 0.3) is 0 Å². The van der Waals surface area contributed by atoms with Gasteiger partial charge >= 0.3 is 0 Å². The van der Waals surface area contributed by atoms with Crippen molar-refractivity contribution in [1.29, 1.82) is 0 Å². The topological polar surface area (TPSA) is 73.6 Å². The largest absolute Gasteiger partial charge is 0.390 e. The van der Waals surface area contributed by atoms with E-state index in [1.54, 1.807) is 23.0 Å². The molecule has 26 heavy (non-hydrogen) atoms. The number of rotatable bonds is 7. The van der Waals surface area contributed by atoms with E-state index in [0.29, 0.717) is 30.3 Å². The van der Waals surface area contributed by atoms with E-state index in [9.17, 15) is 9.90 Å². The van der Waals surface area contributed by atoms with Crippen molar-refractivity contribution >= 4 is 23.2 Å². The van der Waals surface area contributed by atoms with Crippen LogP contribution in [-0.4, -0.2) is 76.0 Å². The molecule has 2 N–H and O–H groups in total. The first-order chi connectivity index (χ1) is 12.6. The average molecular weight is 378 g/mol. The maximum absolute atomic E-state index is 12.2. The number of aromatic nitrogens is 2. The molecule has 0 radical (unpaired) electrons. The van der Waals surface area contributed by atoms with Gasteiger partial charge < -0.3 is 10.4 Å². The minimum Gasteiger partial charge on any atom is -0.390 e. The zero-order chi connectivity index (χ0) is 18.4. The molecule has 8 heteroatoms. The van der Waals surface area contributed by atoms with Crippen molar-refractivity contribution in [3.8, 4) is 0 Å². The highest BCUT2D eigenvalue weighted by Gasteiger charge is 2.21. The predicted molar refractivity (Wildman–Crippen MR) is 101 cm³/mol. The first kappa shape index (κ1) is 18.8. The van der Waals surface area contributed by atoms with Crippen LogP contribution in [0.5, 0.6) is 0 Å². The van der Waals surface area contributed by atoms with Crippen LogP contribution >= 0.6 is 11.6 Å². The van der Waals surface area contributed by atoms with Crippen LogP contribution in [0.1, 0.15) is 0 Å². The van der Waals surface area contributed by atoms with Gasteiger partial charge in [-0.05, 0) is 18.2 Å². The summed E-state index contributed by atoms with van der Waals surface area (Å²) in [5.74, 6) is -0.0646. The lowest BCUT2D eigenvalue weighted by atomic mass is 10.2. The Morgan fingerprint density at radius 3 is 2.58 bits per heavy atom. The fourth-order valence-electron chi connectivity index (χ4n) is 3.07. The molecule has 1 fully saturated rings. The Labute approximate surface area is 158 Å². The molecule has 0 aliphatic carbocycles. The highest BCUT2D eigenvalue weighted by atomic mass is 35.5. The normalized spacial score (nSPS) is 17.2. The molecule has 7 nitrogen and oxygen atoms in total. The molecule has 2 heterocycles. The zero-order valence-corrected chi connectivity index (χ0v) is 15.3. The number of carbonyl (C=O) groups excluding carboxylic acids is 1. The summed E-state index contributed by atoms with van der Waals surface area (Å²) in [6.45, 7) is 4.70. The number of halogens is 1. The van der Waals surface area contributed by atoms with Crippen LogP contribution in [0, 0.1) is 0 Å². The number of benzene rings is 1. The van der Waals surface area contributed by atoms with Crippen molar-refractivity contribution in [3.05, 3.63) is 47.7 Å². The van der Waals surface area contributed by atoms with Gasteiger partial charge in [-0.2, -0.15) is 5.10 Å². The number of carbonyl (C=O) groups is 1. The Bertz CT molecular complexity index is 701. The Kier molecular flexibility index (Phi) is 6.62. The van der Waals surface area contributed by atoms with Gasteiger partial charge in [-0.3, -0.25) is 19.3 Å². The number of nitrogens with one attached hydrogen (secondary N) is 1. The number of nitrogens with zero attached hydrogens (tertiary/aromatic N) is 4. The van der Waals surface area contributed by atoms with Gasteiger partial charge in [0, 0.05) is 45.1 Å². The minimum atomic E-state index is -0.454. The minimum absolute atomic E-state index is 0.0646. The molecule has 0 saturated carbocycles. The van der Waals surface area contributed by atoms with E-state index < -0.39 is 6.10 Å². The third kappa shape index (κ3) is 5.54. The van der Waals surface area contributed by atoms with Crippen molar-refractivity contribution in [2.45, 2.75) is 12.6 Å². The van der Waals surface area contributed by atoms with Gasteiger partial charge in [-0.1, -0.05) is 23.7 Å². The Morgan fingerprint density at radius 1 is 1.15 bits per heavy atom. The number of aliphatic hydroxyl groups is 1. The second-order valence-corrected chi connectivity index (χ2v) is 6.89. The summed E-state index contributed by atoms with van der Waals surface area (Å²) in [6, 6.07) is 9.07. The van der Waals surface area contributed by atoms with Crippen LogP contribution in [-0.2, 0) is 11.3 Å². The number of hydrogen-bond acceptors (Lipinski definition) is 5. The number of para-hydroxylation sites is 1. The summed E-state index contributed by atoms with van der Waals surface area (Å²) >= 11 is 6.06. The summed E-state index contributed by atoms with van der Waals surface area (Å²) < 4.78 is 1.74. The highest BCUT2D eigenvalue weighted by Crippen LogP contribution is 2.20. The van der Waals surface area contributed by atoms with Crippen LogP contribution < -0.4 is 5.32 Å². The monoisotopic (exact) mass is 377 g/mol. The van der Waals surface area contributed by atoms with Gasteiger partial charge in [0.05, 0.1) is 29.9 Å². The molecule has 1 amide bonds. The second kappa shape index (κ2) is 9.14. The molecule has 1 atom stereocenters. The van der Waals surface area contributed by atoms with E-state index >= 15 is 0 Å². The molecule has 1 aliphatic heterocycles. The van der Waals surface area contributed by atoms with Gasteiger partial charge in [0.25, 0.3) is 0 Å². The maximum Gasteiger partial charge on any atom is 0.238 e. The molecule has 3 rings (SSSR count). The Hall–Kier alpha value is -1.93. The molecule has 1 aliphatic rings. The van der Waals surface area contributed by atoms with Crippen molar-refractivity contribution in [3.63, 3.8) is 0 Å². The van der Waals surface area contributed by atoms with Gasteiger partial charge in [0.1, 0.15) is 0 Å². The van der Waals surface area contributed by atoms with Crippen molar-refractivity contribution in [2.24, 2.45) is 0 Å². The molecule has 0 spiro atoms. The average Bonchev–Trinajstić information content (AvgIpc) is 3.11. The second-order valence-electron chi connectivity index (χ2n) is 6.49. The summed E-state index contributed by atoms with van der Waals surface area (Å²) in [5, 5.41) is 17.7. The molecule has 1 unspecified atom stereocenters. The van der Waals surface area contributed by atoms with E-state index in [1.807, 2.05) is 24.4 Å². The quantitative estimate of drug-likeness (QED) is 0.757. The number of anilines is 1. The van der Waals surface area contributed by atoms with Gasteiger partial charge in [-0.25, -0.2) is 0 Å². The van der Waals surface area contributed by atoms with Crippen molar-refractivity contribution in [1.82, 2.24) is 19.6 Å². The van der Waals surface area contributed by atoms with Gasteiger partial charge in [0.2, 0.25) is 5.91 Å². The molecule has 2 aromatic rings. The summed E-state index contributed by atoms with van der Waals surface area (Å²) in [7, 11) is 0. The Balaban J connectivity index is 1.38. The number of β-amino-alcohol motifs (C(OH)–C–C–N with tert-alkyl or cyclic N) is 1. The van der Waals surface area contributed by atoms with E-state index in [-0.39, 0.29) is 5.91 Å². The number of hydrogen-bond donors (Lipinski definition) is 2. The molecule has 140 valence electrons. The number of amides is 1. The standard InChI is InChI=1S/C18H24ClN5O2/c19-16-4-1-2-5-17(16)21-18(26)14-23-10-8-22(9-11-23)12-15(25)13-24-7-3-6-20-24/h1-7,15,25H,8-14H2,(H,21,26). The fourth-order valence-corrected chi connectivity index (χ4v) is 3.25. The third-order valence-corrected chi connectivity index (χ3v) is 4.74. The molecule has 1 saturated heterocycles. The van der Waals surface area contributed by atoms with E-state index in [4.69, 9.17) is 11.6 Å². The number of piperazine rings is 1. The Morgan fingerprint density at radius 2 is 1.88 bits per heavy atom. The van der Waals surface area contributed by atoms with E-state index in [1.165, 1.54) is 0 Å². The van der Waals surface area contributed by atoms with E-state index in [0.717, 1.165) is 26.2 Å². The summed E-state index contributed by atoms with van der Waals surface area (Å²) in [4.78, 5) is 16.5. The lowest BCUT2D eigenvalue weighted by Crippen LogP contribution is -2.50.